The molecule has 0 bridgehead atoms. The Bertz CT molecular complexity index is 921. The van der Waals surface area contributed by atoms with Crippen LogP contribution in [0, 0.1) is 6.92 Å². The summed E-state index contributed by atoms with van der Waals surface area (Å²) < 4.78 is 1.53. The Morgan fingerprint density at radius 2 is 2.00 bits per heavy atom. The Kier molecular flexibility index (Phi) is 4.83. The molecule has 1 atom stereocenters. The average Bonchev–Trinajstić information content (AvgIpc) is 2.97. The summed E-state index contributed by atoms with van der Waals surface area (Å²) in [6.07, 6.45) is -0.611. The number of amides is 1. The van der Waals surface area contributed by atoms with Gasteiger partial charge in [0.1, 0.15) is 0 Å². The monoisotopic (exact) mass is 356 g/mol. The summed E-state index contributed by atoms with van der Waals surface area (Å²) >= 11 is 6.18. The second-order valence-electron chi connectivity index (χ2n) is 5.64. The maximum Gasteiger partial charge on any atom is 0.278 e. The van der Waals surface area contributed by atoms with Gasteiger partial charge < -0.3 is 10.4 Å². The predicted molar refractivity (Wildman–Crippen MR) is 96.1 cm³/mol. The molecule has 0 fully saturated rings. The maximum absolute atomic E-state index is 12.5. The first-order chi connectivity index (χ1) is 12.0. The molecule has 0 radical (unpaired) electrons. The number of hydrogen-bond acceptors (Lipinski definition) is 4. The van der Waals surface area contributed by atoms with Crippen molar-refractivity contribution in [3.63, 3.8) is 0 Å². The number of rotatable bonds is 4. The number of carbonyl (C=O) groups excluding carboxylic acids is 1. The van der Waals surface area contributed by atoms with Gasteiger partial charge in [-0.05, 0) is 43.7 Å². The molecule has 128 valence electrons. The van der Waals surface area contributed by atoms with Crippen molar-refractivity contribution in [1.82, 2.24) is 15.0 Å². The fourth-order valence-electron chi connectivity index (χ4n) is 2.46. The number of nitrogens with zero attached hydrogens (tertiary/aromatic N) is 3. The fourth-order valence-corrected chi connectivity index (χ4v) is 2.67. The molecule has 2 aromatic carbocycles. The normalized spacial score (nSPS) is 12.0. The van der Waals surface area contributed by atoms with Gasteiger partial charge in [-0.25, -0.2) is 4.68 Å². The van der Waals surface area contributed by atoms with E-state index >= 15 is 0 Å². The number of halogens is 1. The minimum atomic E-state index is -0.611. The lowest BCUT2D eigenvalue weighted by molar-refractivity contribution is 0.102. The highest BCUT2D eigenvalue weighted by Gasteiger charge is 2.18. The van der Waals surface area contributed by atoms with Crippen LogP contribution in [0.2, 0.25) is 5.02 Å². The summed E-state index contributed by atoms with van der Waals surface area (Å²) in [5.74, 6) is -0.376. The summed E-state index contributed by atoms with van der Waals surface area (Å²) in [5, 5.41) is 21.0. The molecule has 1 heterocycles. The average molecular weight is 357 g/mol. The number of carbonyl (C=O) groups is 1. The number of hydrogen-bond donors (Lipinski definition) is 2. The molecule has 0 unspecified atom stereocenters. The summed E-state index contributed by atoms with van der Waals surface area (Å²) in [4.78, 5) is 12.5. The first-order valence-corrected chi connectivity index (χ1v) is 8.11. The summed E-state index contributed by atoms with van der Waals surface area (Å²) in [6, 6.07) is 14.2. The second kappa shape index (κ2) is 7.04. The van der Waals surface area contributed by atoms with E-state index in [1.165, 1.54) is 4.68 Å². The molecule has 0 saturated carbocycles. The summed E-state index contributed by atoms with van der Waals surface area (Å²) in [7, 11) is 0. The number of aliphatic hydroxyl groups is 1. The van der Waals surface area contributed by atoms with Gasteiger partial charge in [0.2, 0.25) is 0 Å². The van der Waals surface area contributed by atoms with E-state index < -0.39 is 6.10 Å². The van der Waals surface area contributed by atoms with E-state index in [4.69, 9.17) is 11.6 Å². The van der Waals surface area contributed by atoms with Gasteiger partial charge in [0.25, 0.3) is 5.91 Å². The highest BCUT2D eigenvalue weighted by molar-refractivity contribution is 6.32. The van der Waals surface area contributed by atoms with Crippen LogP contribution in [0.1, 0.15) is 34.8 Å². The number of para-hydroxylation sites is 1. The van der Waals surface area contributed by atoms with Crippen molar-refractivity contribution in [3.8, 4) is 5.69 Å². The predicted octanol–water partition coefficient (Wildman–Crippen LogP) is 3.53. The van der Waals surface area contributed by atoms with Crippen molar-refractivity contribution >= 4 is 23.2 Å². The highest BCUT2D eigenvalue weighted by atomic mass is 35.5. The van der Waals surface area contributed by atoms with E-state index in [9.17, 15) is 9.90 Å². The first-order valence-electron chi connectivity index (χ1n) is 7.74. The van der Waals surface area contributed by atoms with Crippen molar-refractivity contribution < 1.29 is 9.90 Å². The second-order valence-corrected chi connectivity index (χ2v) is 6.05. The van der Waals surface area contributed by atoms with Gasteiger partial charge in [0.05, 0.1) is 22.5 Å². The van der Waals surface area contributed by atoms with Crippen molar-refractivity contribution in [1.29, 1.82) is 0 Å². The molecule has 0 aliphatic rings. The van der Waals surface area contributed by atoms with Crippen LogP contribution in [0.4, 0.5) is 5.69 Å². The van der Waals surface area contributed by atoms with Crippen molar-refractivity contribution in [2.45, 2.75) is 20.0 Å². The van der Waals surface area contributed by atoms with Crippen LogP contribution in [-0.4, -0.2) is 26.0 Å². The molecule has 1 aromatic heterocycles. The van der Waals surface area contributed by atoms with E-state index in [1.54, 1.807) is 50.2 Å². The SMILES string of the molecule is Cc1c(C(=O)Nc2cccc([C@H](C)O)c2)nnn1-c1ccccc1Cl. The fraction of sp³-hybridized carbons (Fsp3) is 0.167. The van der Waals surface area contributed by atoms with Gasteiger partial charge in [-0.15, -0.1) is 5.10 Å². The molecule has 25 heavy (non-hydrogen) atoms. The largest absolute Gasteiger partial charge is 0.389 e. The third kappa shape index (κ3) is 3.55. The highest BCUT2D eigenvalue weighted by Crippen LogP contribution is 2.22. The molecular formula is C18H17ClN4O2. The lowest BCUT2D eigenvalue weighted by atomic mass is 10.1. The Labute approximate surface area is 150 Å². The zero-order valence-corrected chi connectivity index (χ0v) is 14.5. The summed E-state index contributed by atoms with van der Waals surface area (Å²) in [5.41, 5.74) is 2.74. The molecule has 6 nitrogen and oxygen atoms in total. The van der Waals surface area contributed by atoms with E-state index in [0.717, 1.165) is 0 Å². The molecule has 0 aliphatic carbocycles. The van der Waals surface area contributed by atoms with Crippen LogP contribution >= 0.6 is 11.6 Å². The molecule has 2 N–H and O–H groups in total. The van der Waals surface area contributed by atoms with Crippen LogP contribution in [0.3, 0.4) is 0 Å². The van der Waals surface area contributed by atoms with Crippen LogP contribution < -0.4 is 5.32 Å². The minimum absolute atomic E-state index is 0.211. The molecule has 7 heteroatoms. The van der Waals surface area contributed by atoms with Crippen LogP contribution in [0.25, 0.3) is 5.69 Å². The number of benzene rings is 2. The van der Waals surface area contributed by atoms with E-state index in [-0.39, 0.29) is 11.6 Å². The van der Waals surface area contributed by atoms with E-state index in [0.29, 0.717) is 27.7 Å². The van der Waals surface area contributed by atoms with Gasteiger partial charge in [-0.3, -0.25) is 4.79 Å². The van der Waals surface area contributed by atoms with Gasteiger partial charge in [-0.2, -0.15) is 0 Å². The van der Waals surface area contributed by atoms with E-state index in [1.807, 2.05) is 12.1 Å². The Morgan fingerprint density at radius 3 is 2.72 bits per heavy atom. The smallest absolute Gasteiger partial charge is 0.278 e. The molecule has 0 spiro atoms. The molecule has 3 aromatic rings. The molecule has 1 amide bonds. The zero-order chi connectivity index (χ0) is 18.0. The van der Waals surface area contributed by atoms with Crippen LogP contribution in [0.5, 0.6) is 0 Å². The van der Waals surface area contributed by atoms with Crippen molar-refractivity contribution in [3.05, 3.63) is 70.5 Å². The van der Waals surface area contributed by atoms with Crippen LogP contribution in [0.15, 0.2) is 48.5 Å². The van der Waals surface area contributed by atoms with Crippen molar-refractivity contribution in [2.24, 2.45) is 0 Å². The first kappa shape index (κ1) is 17.1. The number of aromatic nitrogens is 3. The van der Waals surface area contributed by atoms with Gasteiger partial charge >= 0.3 is 0 Å². The third-order valence-corrected chi connectivity index (χ3v) is 4.14. The number of aliphatic hydroxyl groups excluding tert-OH is 1. The Hall–Kier alpha value is -2.70. The van der Waals surface area contributed by atoms with Gasteiger partial charge in [-0.1, -0.05) is 41.1 Å². The quantitative estimate of drug-likeness (QED) is 0.749. The van der Waals surface area contributed by atoms with Gasteiger partial charge in [0.15, 0.2) is 5.69 Å². The van der Waals surface area contributed by atoms with Crippen molar-refractivity contribution in [2.75, 3.05) is 5.32 Å². The van der Waals surface area contributed by atoms with Gasteiger partial charge in [0, 0.05) is 5.69 Å². The lowest BCUT2D eigenvalue weighted by Crippen LogP contribution is -2.14. The molecule has 0 saturated heterocycles. The maximum atomic E-state index is 12.5. The number of nitrogens with one attached hydrogen (secondary N) is 1. The zero-order valence-electron chi connectivity index (χ0n) is 13.8. The molecule has 0 aliphatic heterocycles. The molecule has 3 rings (SSSR count). The topological polar surface area (TPSA) is 80.0 Å². The molecular weight excluding hydrogens is 340 g/mol. The van der Waals surface area contributed by atoms with E-state index in [2.05, 4.69) is 15.6 Å². The van der Waals surface area contributed by atoms with Crippen LogP contribution in [-0.2, 0) is 0 Å². The minimum Gasteiger partial charge on any atom is -0.389 e. The lowest BCUT2D eigenvalue weighted by Gasteiger charge is -2.09. The Morgan fingerprint density at radius 1 is 1.24 bits per heavy atom. The third-order valence-electron chi connectivity index (χ3n) is 3.82. The Balaban J connectivity index is 1.87. The summed E-state index contributed by atoms with van der Waals surface area (Å²) in [6.45, 7) is 3.42. The standard InChI is InChI=1S/C18H17ClN4O2/c1-11-17(21-22-23(11)16-9-4-3-8-15(16)19)18(25)20-14-7-5-6-13(10-14)12(2)24/h3-10,12,24H,1-2H3,(H,20,25)/t12-/m0/s1. The number of anilines is 1.